The van der Waals surface area contributed by atoms with Gasteiger partial charge in [-0.1, -0.05) is 0 Å². The second-order valence-electron chi connectivity index (χ2n) is 4.59. The Hall–Kier alpha value is -2.12. The molecule has 7 heteroatoms. The third-order valence-electron chi connectivity index (χ3n) is 2.57. The molecule has 1 aromatic heterocycles. The number of carbonyl (C=O) groups is 1. The van der Waals surface area contributed by atoms with Gasteiger partial charge in [0.25, 0.3) is 0 Å². The number of anilines is 2. The number of aromatic nitrogens is 1. The van der Waals surface area contributed by atoms with E-state index in [0.29, 0.717) is 17.4 Å². The summed E-state index contributed by atoms with van der Waals surface area (Å²) >= 11 is 1.37. The lowest BCUT2D eigenvalue weighted by Crippen LogP contribution is -2.20. The first kappa shape index (κ1) is 15.3. The summed E-state index contributed by atoms with van der Waals surface area (Å²) in [5.74, 6) is 0.780. The molecule has 0 bridgehead atoms. The quantitative estimate of drug-likeness (QED) is 0.861. The minimum Gasteiger partial charge on any atom is -0.492 e. The summed E-state index contributed by atoms with van der Waals surface area (Å²) in [6.07, 6.45) is 1.64. The normalized spacial score (nSPS) is 10.4. The van der Waals surface area contributed by atoms with Crippen molar-refractivity contribution in [2.45, 2.75) is 0 Å². The second-order valence-corrected chi connectivity index (χ2v) is 5.49. The van der Waals surface area contributed by atoms with Crippen molar-refractivity contribution in [3.63, 3.8) is 0 Å². The highest BCUT2D eigenvalue weighted by Crippen LogP contribution is 2.16. The predicted molar refractivity (Wildman–Crippen MR) is 85.2 cm³/mol. The van der Waals surface area contributed by atoms with Crippen molar-refractivity contribution in [2.24, 2.45) is 0 Å². The van der Waals surface area contributed by atoms with E-state index in [1.807, 2.05) is 26.2 Å². The molecule has 2 aromatic rings. The zero-order valence-electron chi connectivity index (χ0n) is 12.0. The molecule has 1 aromatic carbocycles. The maximum Gasteiger partial charge on any atom is 0.325 e. The summed E-state index contributed by atoms with van der Waals surface area (Å²) in [5, 5.41) is 7.75. The van der Waals surface area contributed by atoms with Gasteiger partial charge in [0.05, 0.1) is 0 Å². The number of amides is 2. The molecular formula is C14H18N4O2S. The van der Waals surface area contributed by atoms with Crippen LogP contribution in [0.5, 0.6) is 5.75 Å². The average Bonchev–Trinajstić information content (AvgIpc) is 2.93. The number of benzene rings is 1. The number of rotatable bonds is 6. The molecule has 2 rings (SSSR count). The third-order valence-corrected chi connectivity index (χ3v) is 3.26. The van der Waals surface area contributed by atoms with Crippen molar-refractivity contribution in [2.75, 3.05) is 37.9 Å². The van der Waals surface area contributed by atoms with Crippen LogP contribution >= 0.6 is 11.3 Å². The van der Waals surface area contributed by atoms with Crippen LogP contribution in [0, 0.1) is 0 Å². The number of carbonyl (C=O) groups excluding carboxylic acids is 1. The first-order chi connectivity index (χ1) is 10.1. The zero-order valence-corrected chi connectivity index (χ0v) is 12.8. The van der Waals surface area contributed by atoms with E-state index in [0.717, 1.165) is 12.3 Å². The zero-order chi connectivity index (χ0) is 15.1. The molecule has 0 atom stereocenters. The fourth-order valence-electron chi connectivity index (χ4n) is 1.53. The van der Waals surface area contributed by atoms with Gasteiger partial charge in [-0.3, -0.25) is 5.32 Å². The average molecular weight is 306 g/mol. The maximum absolute atomic E-state index is 11.7. The standard InChI is InChI=1S/C14H18N4O2S/c1-18(2)8-9-20-12-5-3-11(4-6-12)16-13(19)17-14-15-7-10-21-14/h3-7,10H,8-9H2,1-2H3,(H2,15,16,17,19). The maximum atomic E-state index is 11.7. The van der Waals surface area contributed by atoms with Gasteiger partial charge in [0.1, 0.15) is 12.4 Å². The molecule has 0 saturated heterocycles. The number of nitrogens with zero attached hydrogens (tertiary/aromatic N) is 2. The van der Waals surface area contributed by atoms with Gasteiger partial charge >= 0.3 is 6.03 Å². The number of hydrogen-bond donors (Lipinski definition) is 2. The monoisotopic (exact) mass is 306 g/mol. The van der Waals surface area contributed by atoms with Gasteiger partial charge in [-0.05, 0) is 38.4 Å². The highest BCUT2D eigenvalue weighted by atomic mass is 32.1. The lowest BCUT2D eigenvalue weighted by Gasteiger charge is -2.11. The molecule has 0 unspecified atom stereocenters. The smallest absolute Gasteiger partial charge is 0.325 e. The summed E-state index contributed by atoms with van der Waals surface area (Å²) in [6, 6.07) is 6.94. The summed E-state index contributed by atoms with van der Waals surface area (Å²) in [5.41, 5.74) is 0.698. The Balaban J connectivity index is 1.80. The van der Waals surface area contributed by atoms with Crippen molar-refractivity contribution in [3.05, 3.63) is 35.8 Å². The highest BCUT2D eigenvalue weighted by molar-refractivity contribution is 7.13. The number of likely N-dealkylation sites (N-methyl/N-ethyl adjacent to an activating group) is 1. The van der Waals surface area contributed by atoms with E-state index >= 15 is 0 Å². The van der Waals surface area contributed by atoms with Gasteiger partial charge in [0, 0.05) is 23.8 Å². The number of urea groups is 1. The van der Waals surface area contributed by atoms with Crippen LogP contribution in [0.2, 0.25) is 0 Å². The summed E-state index contributed by atoms with van der Waals surface area (Å²) in [7, 11) is 3.99. The van der Waals surface area contributed by atoms with Crippen LogP contribution < -0.4 is 15.4 Å². The fraction of sp³-hybridized carbons (Fsp3) is 0.286. The molecule has 0 radical (unpaired) electrons. The Morgan fingerprint density at radius 1 is 1.29 bits per heavy atom. The van der Waals surface area contributed by atoms with Gasteiger partial charge < -0.3 is 15.0 Å². The van der Waals surface area contributed by atoms with Crippen LogP contribution in [0.1, 0.15) is 0 Å². The molecule has 0 spiro atoms. The van der Waals surface area contributed by atoms with Crippen molar-refractivity contribution < 1.29 is 9.53 Å². The summed E-state index contributed by atoms with van der Waals surface area (Å²) in [6.45, 7) is 1.49. The number of thiazole rings is 1. The lowest BCUT2D eigenvalue weighted by molar-refractivity contribution is 0.261. The number of ether oxygens (including phenoxy) is 1. The minimum atomic E-state index is -0.314. The van der Waals surface area contributed by atoms with Gasteiger partial charge in [0.2, 0.25) is 0 Å². The lowest BCUT2D eigenvalue weighted by atomic mass is 10.3. The van der Waals surface area contributed by atoms with E-state index < -0.39 is 0 Å². The first-order valence-electron chi connectivity index (χ1n) is 6.48. The molecule has 2 amide bonds. The molecular weight excluding hydrogens is 288 g/mol. The molecule has 0 aliphatic carbocycles. The summed E-state index contributed by atoms with van der Waals surface area (Å²) < 4.78 is 5.58. The van der Waals surface area contributed by atoms with Crippen molar-refractivity contribution in [3.8, 4) is 5.75 Å². The van der Waals surface area contributed by atoms with Crippen LogP contribution in [0.4, 0.5) is 15.6 Å². The van der Waals surface area contributed by atoms with E-state index in [2.05, 4.69) is 20.5 Å². The third kappa shape index (κ3) is 5.41. The molecule has 1 heterocycles. The Morgan fingerprint density at radius 3 is 2.67 bits per heavy atom. The van der Waals surface area contributed by atoms with E-state index in [1.54, 1.807) is 23.7 Å². The van der Waals surface area contributed by atoms with Crippen LogP contribution in [0.3, 0.4) is 0 Å². The van der Waals surface area contributed by atoms with Crippen LogP contribution in [0.25, 0.3) is 0 Å². The molecule has 0 aliphatic rings. The molecule has 0 aliphatic heterocycles. The largest absolute Gasteiger partial charge is 0.492 e. The van der Waals surface area contributed by atoms with Gasteiger partial charge in [-0.25, -0.2) is 9.78 Å². The number of hydrogen-bond acceptors (Lipinski definition) is 5. The SMILES string of the molecule is CN(C)CCOc1ccc(NC(=O)Nc2nccs2)cc1. The van der Waals surface area contributed by atoms with E-state index in [-0.39, 0.29) is 6.03 Å². The molecule has 0 saturated carbocycles. The Morgan fingerprint density at radius 2 is 2.05 bits per heavy atom. The first-order valence-corrected chi connectivity index (χ1v) is 7.36. The van der Waals surface area contributed by atoms with Gasteiger partial charge in [-0.2, -0.15) is 0 Å². The highest BCUT2D eigenvalue weighted by Gasteiger charge is 2.04. The minimum absolute atomic E-state index is 0.314. The van der Waals surface area contributed by atoms with E-state index in [4.69, 9.17) is 4.74 Å². The Kier molecular flexibility index (Phi) is 5.53. The van der Waals surface area contributed by atoms with E-state index in [9.17, 15) is 4.79 Å². The Bertz CT molecular complexity index is 555. The van der Waals surface area contributed by atoms with Crippen molar-refractivity contribution >= 4 is 28.2 Å². The topological polar surface area (TPSA) is 66.5 Å². The predicted octanol–water partition coefficient (Wildman–Crippen LogP) is 2.73. The summed E-state index contributed by atoms with van der Waals surface area (Å²) in [4.78, 5) is 17.8. The fourth-order valence-corrected chi connectivity index (χ4v) is 2.05. The molecule has 6 nitrogen and oxygen atoms in total. The van der Waals surface area contributed by atoms with Crippen molar-refractivity contribution in [1.82, 2.24) is 9.88 Å². The van der Waals surface area contributed by atoms with Crippen LogP contribution in [0.15, 0.2) is 35.8 Å². The second kappa shape index (κ2) is 7.61. The van der Waals surface area contributed by atoms with Gasteiger partial charge in [0.15, 0.2) is 5.13 Å². The van der Waals surface area contributed by atoms with Crippen LogP contribution in [-0.2, 0) is 0 Å². The molecule has 21 heavy (non-hydrogen) atoms. The Labute approximate surface area is 127 Å². The van der Waals surface area contributed by atoms with E-state index in [1.165, 1.54) is 11.3 Å². The van der Waals surface area contributed by atoms with Crippen molar-refractivity contribution in [1.29, 1.82) is 0 Å². The van der Waals surface area contributed by atoms with Gasteiger partial charge in [-0.15, -0.1) is 11.3 Å². The number of nitrogens with one attached hydrogen (secondary N) is 2. The molecule has 0 fully saturated rings. The van der Waals surface area contributed by atoms with Crippen LogP contribution in [-0.4, -0.2) is 43.2 Å². The molecule has 2 N–H and O–H groups in total. The molecule has 112 valence electrons.